The van der Waals surface area contributed by atoms with E-state index >= 15 is 0 Å². The van der Waals surface area contributed by atoms with Crippen molar-refractivity contribution in [2.24, 2.45) is 0 Å². The Morgan fingerprint density at radius 1 is 1.31 bits per heavy atom. The second kappa shape index (κ2) is 5.39. The van der Waals surface area contributed by atoms with Gasteiger partial charge in [0.2, 0.25) is 5.91 Å². The Morgan fingerprint density at radius 3 is 2.44 bits per heavy atom. The lowest BCUT2D eigenvalue weighted by molar-refractivity contribution is -0.120. The third-order valence-electron chi connectivity index (χ3n) is 2.16. The van der Waals surface area contributed by atoms with E-state index in [9.17, 15) is 13.6 Å². The minimum atomic E-state index is -0.912. The topological polar surface area (TPSA) is 29.1 Å². The number of hydrogen-bond donors (Lipinski definition) is 1. The summed E-state index contributed by atoms with van der Waals surface area (Å²) in [6.45, 7) is 3.40. The number of alkyl halides is 1. The monoisotopic (exact) mass is 291 g/mol. The highest BCUT2D eigenvalue weighted by atomic mass is 79.9. The molecule has 0 bridgehead atoms. The molecule has 1 aromatic rings. The summed E-state index contributed by atoms with van der Waals surface area (Å²) in [6.07, 6.45) is 0. The smallest absolute Gasteiger partial charge is 0.233 e. The van der Waals surface area contributed by atoms with Gasteiger partial charge >= 0.3 is 0 Å². The van der Waals surface area contributed by atoms with Crippen molar-refractivity contribution in [2.45, 2.75) is 24.7 Å². The number of nitrogens with one attached hydrogen (secondary N) is 1. The van der Waals surface area contributed by atoms with Crippen LogP contribution in [0.3, 0.4) is 0 Å². The van der Waals surface area contributed by atoms with Crippen molar-refractivity contribution in [3.63, 3.8) is 0 Å². The van der Waals surface area contributed by atoms with Crippen LogP contribution in [-0.2, 0) is 4.79 Å². The molecule has 0 spiro atoms. The van der Waals surface area contributed by atoms with Gasteiger partial charge in [0.25, 0.3) is 0 Å². The van der Waals surface area contributed by atoms with E-state index < -0.39 is 11.6 Å². The van der Waals surface area contributed by atoms with Crippen LogP contribution in [0.1, 0.15) is 25.5 Å². The Labute approximate surface area is 101 Å². The minimum absolute atomic E-state index is 0.197. The van der Waals surface area contributed by atoms with Crippen molar-refractivity contribution in [3.8, 4) is 0 Å². The number of carbonyl (C=O) groups is 1. The van der Waals surface area contributed by atoms with E-state index in [4.69, 9.17) is 0 Å². The second-order valence-electron chi connectivity index (χ2n) is 3.52. The van der Waals surface area contributed by atoms with E-state index in [2.05, 4.69) is 21.2 Å². The van der Waals surface area contributed by atoms with Gasteiger partial charge in [0.1, 0.15) is 0 Å². The van der Waals surface area contributed by atoms with Gasteiger partial charge in [-0.3, -0.25) is 4.79 Å². The van der Waals surface area contributed by atoms with Crippen LogP contribution in [0.5, 0.6) is 0 Å². The minimum Gasteiger partial charge on any atom is -0.349 e. The third kappa shape index (κ3) is 3.27. The summed E-state index contributed by atoms with van der Waals surface area (Å²) in [5.74, 6) is -2.00. The SMILES string of the molecule is CC(Br)C(=O)NC(C)c1ccc(F)c(F)c1. The van der Waals surface area contributed by atoms with Crippen LogP contribution in [0.15, 0.2) is 18.2 Å². The molecule has 1 N–H and O–H groups in total. The van der Waals surface area contributed by atoms with E-state index in [-0.39, 0.29) is 16.8 Å². The average molecular weight is 292 g/mol. The molecule has 0 saturated heterocycles. The Morgan fingerprint density at radius 2 is 1.94 bits per heavy atom. The molecule has 2 unspecified atom stereocenters. The van der Waals surface area contributed by atoms with Crippen LogP contribution in [0.4, 0.5) is 8.78 Å². The van der Waals surface area contributed by atoms with Crippen molar-refractivity contribution in [2.75, 3.05) is 0 Å². The lowest BCUT2D eigenvalue weighted by atomic mass is 10.1. The van der Waals surface area contributed by atoms with Crippen molar-refractivity contribution in [1.82, 2.24) is 5.32 Å². The maximum atomic E-state index is 12.9. The summed E-state index contributed by atoms with van der Waals surface area (Å²) >= 11 is 3.12. The Kier molecular flexibility index (Phi) is 4.41. The van der Waals surface area contributed by atoms with Gasteiger partial charge in [-0.25, -0.2) is 8.78 Å². The van der Waals surface area contributed by atoms with Gasteiger partial charge in [-0.1, -0.05) is 22.0 Å². The van der Waals surface area contributed by atoms with Gasteiger partial charge in [-0.2, -0.15) is 0 Å². The summed E-state index contributed by atoms with van der Waals surface area (Å²) in [7, 11) is 0. The first-order chi connectivity index (χ1) is 7.41. The molecule has 0 radical (unpaired) electrons. The second-order valence-corrected chi connectivity index (χ2v) is 4.89. The fraction of sp³-hybridized carbons (Fsp3) is 0.364. The summed E-state index contributed by atoms with van der Waals surface area (Å²) in [5.41, 5.74) is 0.528. The first-order valence-corrected chi connectivity index (χ1v) is 5.72. The zero-order valence-electron chi connectivity index (χ0n) is 8.93. The summed E-state index contributed by atoms with van der Waals surface area (Å²) < 4.78 is 25.6. The number of amides is 1. The number of hydrogen-bond acceptors (Lipinski definition) is 1. The lowest BCUT2D eigenvalue weighted by Gasteiger charge is -2.15. The molecule has 5 heteroatoms. The summed E-state index contributed by atoms with van der Waals surface area (Å²) in [5, 5.41) is 2.67. The number of carbonyl (C=O) groups excluding carboxylic acids is 1. The molecule has 16 heavy (non-hydrogen) atoms. The van der Waals surface area contributed by atoms with Crippen LogP contribution in [-0.4, -0.2) is 10.7 Å². The van der Waals surface area contributed by atoms with Gasteiger partial charge in [0.05, 0.1) is 10.9 Å². The Hall–Kier alpha value is -0.970. The van der Waals surface area contributed by atoms with Gasteiger partial charge in [-0.15, -0.1) is 0 Å². The molecule has 1 rings (SSSR count). The molecule has 2 atom stereocenters. The average Bonchev–Trinajstić information content (AvgIpc) is 2.21. The number of halogens is 3. The molecule has 0 aliphatic rings. The molecule has 1 aromatic carbocycles. The van der Waals surface area contributed by atoms with E-state index in [0.717, 1.165) is 12.1 Å². The van der Waals surface area contributed by atoms with Gasteiger partial charge in [-0.05, 0) is 31.5 Å². The van der Waals surface area contributed by atoms with E-state index in [1.165, 1.54) is 6.07 Å². The van der Waals surface area contributed by atoms with Crippen LogP contribution in [0, 0.1) is 11.6 Å². The third-order valence-corrected chi connectivity index (χ3v) is 2.58. The highest BCUT2D eigenvalue weighted by molar-refractivity contribution is 9.10. The molecular formula is C11H12BrF2NO. The standard InChI is InChI=1S/C11H12BrF2NO/c1-6(12)11(16)15-7(2)8-3-4-9(13)10(14)5-8/h3-7H,1-2H3,(H,15,16). The fourth-order valence-electron chi connectivity index (χ4n) is 1.19. The fourth-order valence-corrected chi connectivity index (χ4v) is 1.33. The first kappa shape index (κ1) is 13.1. The maximum Gasteiger partial charge on any atom is 0.233 e. The first-order valence-electron chi connectivity index (χ1n) is 4.81. The van der Waals surface area contributed by atoms with Gasteiger partial charge < -0.3 is 5.32 Å². The largest absolute Gasteiger partial charge is 0.349 e. The highest BCUT2D eigenvalue weighted by Crippen LogP contribution is 2.16. The summed E-state index contributed by atoms with van der Waals surface area (Å²) in [4.78, 5) is 11.0. The normalized spacial score (nSPS) is 14.3. The van der Waals surface area contributed by atoms with E-state index in [1.54, 1.807) is 13.8 Å². The molecular weight excluding hydrogens is 280 g/mol. The van der Waals surface area contributed by atoms with Crippen molar-refractivity contribution < 1.29 is 13.6 Å². The van der Waals surface area contributed by atoms with Crippen LogP contribution in [0.25, 0.3) is 0 Å². The zero-order valence-corrected chi connectivity index (χ0v) is 10.5. The van der Waals surface area contributed by atoms with Gasteiger partial charge in [0, 0.05) is 0 Å². The Balaban J connectivity index is 2.77. The van der Waals surface area contributed by atoms with Crippen LogP contribution in [0.2, 0.25) is 0 Å². The van der Waals surface area contributed by atoms with Crippen LogP contribution >= 0.6 is 15.9 Å². The molecule has 0 saturated carbocycles. The molecule has 0 fully saturated rings. The molecule has 88 valence electrons. The van der Waals surface area contributed by atoms with Crippen LogP contribution < -0.4 is 5.32 Å². The van der Waals surface area contributed by atoms with Crippen molar-refractivity contribution in [3.05, 3.63) is 35.4 Å². The predicted octanol–water partition coefficient (Wildman–Crippen LogP) is 2.93. The maximum absolute atomic E-state index is 12.9. The molecule has 0 aliphatic heterocycles. The lowest BCUT2D eigenvalue weighted by Crippen LogP contribution is -2.31. The predicted molar refractivity (Wildman–Crippen MR) is 61.3 cm³/mol. The van der Waals surface area contributed by atoms with Crippen molar-refractivity contribution >= 4 is 21.8 Å². The van der Waals surface area contributed by atoms with E-state index in [0.29, 0.717) is 5.56 Å². The van der Waals surface area contributed by atoms with Crippen molar-refractivity contribution in [1.29, 1.82) is 0 Å². The molecule has 1 amide bonds. The number of rotatable bonds is 3. The molecule has 2 nitrogen and oxygen atoms in total. The number of benzene rings is 1. The summed E-state index contributed by atoms with van der Waals surface area (Å²) in [6, 6.07) is 3.22. The van der Waals surface area contributed by atoms with E-state index in [1.807, 2.05) is 0 Å². The van der Waals surface area contributed by atoms with Gasteiger partial charge in [0.15, 0.2) is 11.6 Å². The Bertz CT molecular complexity index is 396. The quantitative estimate of drug-likeness (QED) is 0.853. The highest BCUT2D eigenvalue weighted by Gasteiger charge is 2.14. The molecule has 0 heterocycles. The molecule has 0 aliphatic carbocycles. The molecule has 0 aromatic heterocycles. The zero-order chi connectivity index (χ0) is 12.3.